The lowest BCUT2D eigenvalue weighted by Crippen LogP contribution is -2.51. The fourth-order valence-electron chi connectivity index (χ4n) is 2.87. The summed E-state index contributed by atoms with van der Waals surface area (Å²) in [7, 11) is 0. The van der Waals surface area contributed by atoms with Crippen molar-refractivity contribution in [2.45, 2.75) is 6.18 Å². The van der Waals surface area contributed by atoms with Crippen molar-refractivity contribution in [2.24, 2.45) is 0 Å². The summed E-state index contributed by atoms with van der Waals surface area (Å²) in [4.78, 5) is 27.5. The van der Waals surface area contributed by atoms with Crippen molar-refractivity contribution in [3.05, 3.63) is 41.8 Å². The molecule has 0 aliphatic carbocycles. The average molecular weight is 379 g/mol. The highest BCUT2D eigenvalue weighted by Gasteiger charge is 2.34. The van der Waals surface area contributed by atoms with Crippen molar-refractivity contribution in [2.75, 3.05) is 29.4 Å². The molecule has 0 saturated carbocycles. The number of halogens is 3. The zero-order valence-electron chi connectivity index (χ0n) is 13.3. The number of alkyl halides is 3. The molecule has 134 valence electrons. The lowest BCUT2D eigenvalue weighted by Gasteiger charge is -2.35. The van der Waals surface area contributed by atoms with Gasteiger partial charge in [0, 0.05) is 25.0 Å². The minimum Gasteiger partial charge on any atom is -0.344 e. The first-order chi connectivity index (χ1) is 12.4. The maximum atomic E-state index is 12.8. The number of hydrogen-bond acceptors (Lipinski definition) is 6. The number of carbonyl (C=O) groups is 1. The van der Waals surface area contributed by atoms with Gasteiger partial charge in [-0.15, -0.1) is 11.3 Å². The first-order valence-corrected chi connectivity index (χ1v) is 8.58. The van der Waals surface area contributed by atoms with Crippen molar-refractivity contribution in [1.82, 2.24) is 15.0 Å². The Kier molecular flexibility index (Phi) is 3.98. The molecule has 4 rings (SSSR count). The Labute approximate surface area is 149 Å². The normalized spacial score (nSPS) is 15.7. The zero-order valence-corrected chi connectivity index (χ0v) is 14.1. The lowest BCUT2D eigenvalue weighted by molar-refractivity contribution is -0.141. The number of fused-ring (bicyclic) bond motifs is 1. The van der Waals surface area contributed by atoms with Crippen LogP contribution < -0.4 is 9.80 Å². The van der Waals surface area contributed by atoms with E-state index in [4.69, 9.17) is 0 Å². The van der Waals surface area contributed by atoms with Gasteiger partial charge in [0.05, 0.1) is 16.8 Å². The Bertz CT molecular complexity index is 974. The topological polar surface area (TPSA) is 62.2 Å². The van der Waals surface area contributed by atoms with Gasteiger partial charge in [0.15, 0.2) is 5.82 Å². The molecule has 1 amide bonds. The van der Waals surface area contributed by atoms with Gasteiger partial charge in [0.1, 0.15) is 12.0 Å². The predicted molar refractivity (Wildman–Crippen MR) is 91.2 cm³/mol. The summed E-state index contributed by atoms with van der Waals surface area (Å²) < 4.78 is 39.4. The minimum atomic E-state index is -4.55. The number of anilines is 2. The second-order valence-electron chi connectivity index (χ2n) is 5.70. The van der Waals surface area contributed by atoms with Crippen LogP contribution in [-0.4, -0.2) is 40.5 Å². The van der Waals surface area contributed by atoms with E-state index in [0.29, 0.717) is 12.4 Å². The van der Waals surface area contributed by atoms with E-state index >= 15 is 0 Å². The summed E-state index contributed by atoms with van der Waals surface area (Å²) >= 11 is 1.49. The number of rotatable bonds is 2. The molecule has 6 nitrogen and oxygen atoms in total. The second-order valence-corrected chi connectivity index (χ2v) is 6.61. The third-order valence-electron chi connectivity index (χ3n) is 4.09. The van der Waals surface area contributed by atoms with Gasteiger partial charge in [-0.1, -0.05) is 0 Å². The number of pyridine rings is 1. The number of thiophene rings is 1. The average Bonchev–Trinajstić information content (AvgIpc) is 3.09. The number of amides is 1. The molecule has 26 heavy (non-hydrogen) atoms. The Morgan fingerprint density at radius 1 is 1.12 bits per heavy atom. The Morgan fingerprint density at radius 2 is 1.96 bits per heavy atom. The van der Waals surface area contributed by atoms with Crippen LogP contribution in [-0.2, 0) is 11.0 Å². The Hall–Kier alpha value is -2.75. The third-order valence-corrected chi connectivity index (χ3v) is 4.99. The molecule has 0 aromatic carbocycles. The van der Waals surface area contributed by atoms with Crippen molar-refractivity contribution >= 4 is 39.0 Å². The fourth-order valence-corrected chi connectivity index (χ4v) is 3.73. The van der Waals surface area contributed by atoms with Crippen LogP contribution >= 0.6 is 11.3 Å². The number of carbonyl (C=O) groups excluding carboxylic acids is 1. The van der Waals surface area contributed by atoms with Crippen molar-refractivity contribution in [3.63, 3.8) is 0 Å². The molecule has 0 radical (unpaired) electrons. The van der Waals surface area contributed by atoms with Gasteiger partial charge in [-0.25, -0.2) is 9.97 Å². The highest BCUT2D eigenvalue weighted by atomic mass is 32.1. The Morgan fingerprint density at radius 3 is 2.73 bits per heavy atom. The van der Waals surface area contributed by atoms with E-state index in [1.165, 1.54) is 28.6 Å². The number of nitrogens with zero attached hydrogens (tertiary/aromatic N) is 5. The fraction of sp³-hybridized carbons (Fsp3) is 0.250. The molecule has 3 aromatic rings. The smallest absolute Gasteiger partial charge is 0.344 e. The Balaban J connectivity index is 1.58. The summed E-state index contributed by atoms with van der Waals surface area (Å²) in [5.41, 5.74) is -0.0129. The van der Waals surface area contributed by atoms with Crippen LogP contribution in [0.2, 0.25) is 0 Å². The van der Waals surface area contributed by atoms with E-state index in [0.717, 1.165) is 22.5 Å². The predicted octanol–water partition coefficient (Wildman–Crippen LogP) is 2.96. The molecule has 1 saturated heterocycles. The largest absolute Gasteiger partial charge is 0.433 e. The van der Waals surface area contributed by atoms with Crippen LogP contribution in [0, 0.1) is 0 Å². The first-order valence-electron chi connectivity index (χ1n) is 7.70. The van der Waals surface area contributed by atoms with Crippen LogP contribution in [0.25, 0.3) is 10.2 Å². The first kappa shape index (κ1) is 16.7. The van der Waals surface area contributed by atoms with E-state index in [2.05, 4.69) is 15.0 Å². The number of aromatic nitrogens is 3. The molecule has 10 heteroatoms. The molecule has 0 spiro atoms. The molecular formula is C16H12F3N5OS. The SMILES string of the molecule is O=C1CN(c2ncnc3ccsc23)CCN1c1ccnc(C(F)(F)F)c1. The van der Waals surface area contributed by atoms with Crippen LogP contribution in [0.4, 0.5) is 24.7 Å². The molecule has 3 aromatic heterocycles. The second kappa shape index (κ2) is 6.20. The molecule has 1 aliphatic rings. The molecule has 0 N–H and O–H groups in total. The van der Waals surface area contributed by atoms with Gasteiger partial charge in [-0.05, 0) is 23.6 Å². The monoisotopic (exact) mass is 379 g/mol. The van der Waals surface area contributed by atoms with E-state index in [9.17, 15) is 18.0 Å². The quantitative estimate of drug-likeness (QED) is 0.685. The number of hydrogen-bond donors (Lipinski definition) is 0. The number of piperazine rings is 1. The summed E-state index contributed by atoms with van der Waals surface area (Å²) in [5, 5.41) is 1.90. The molecule has 1 fully saturated rings. The van der Waals surface area contributed by atoms with Crippen LogP contribution in [0.1, 0.15) is 5.69 Å². The van der Waals surface area contributed by atoms with Crippen LogP contribution in [0.15, 0.2) is 36.1 Å². The maximum Gasteiger partial charge on any atom is 0.433 e. The van der Waals surface area contributed by atoms with Crippen molar-refractivity contribution in [3.8, 4) is 0 Å². The third kappa shape index (κ3) is 2.96. The molecule has 0 unspecified atom stereocenters. The van der Waals surface area contributed by atoms with Gasteiger partial charge in [-0.2, -0.15) is 13.2 Å². The highest BCUT2D eigenvalue weighted by molar-refractivity contribution is 7.17. The molecule has 1 aliphatic heterocycles. The van der Waals surface area contributed by atoms with Gasteiger partial charge < -0.3 is 9.80 Å². The molecule has 0 bridgehead atoms. The van der Waals surface area contributed by atoms with Crippen molar-refractivity contribution in [1.29, 1.82) is 0 Å². The van der Waals surface area contributed by atoms with Crippen molar-refractivity contribution < 1.29 is 18.0 Å². The summed E-state index contributed by atoms with van der Waals surface area (Å²) in [6, 6.07) is 4.18. The standard InChI is InChI=1S/C16H12F3N5OS/c17-16(18,19)12-7-10(1-3-20-12)24-5-4-23(8-13(24)25)15-14-11(2-6-26-14)21-9-22-15/h1-3,6-7,9H,4-5,8H2. The maximum absolute atomic E-state index is 12.8. The van der Waals surface area contributed by atoms with Gasteiger partial charge >= 0.3 is 6.18 Å². The molecule has 0 atom stereocenters. The van der Waals surface area contributed by atoms with Gasteiger partial charge in [0.2, 0.25) is 5.91 Å². The summed E-state index contributed by atoms with van der Waals surface area (Å²) in [6.45, 7) is 0.754. The zero-order chi connectivity index (χ0) is 18.3. The van der Waals surface area contributed by atoms with Crippen LogP contribution in [0.3, 0.4) is 0 Å². The van der Waals surface area contributed by atoms with E-state index in [1.54, 1.807) is 0 Å². The summed E-state index contributed by atoms with van der Waals surface area (Å²) in [6.07, 6.45) is -2.04. The van der Waals surface area contributed by atoms with E-state index < -0.39 is 11.9 Å². The van der Waals surface area contributed by atoms with Gasteiger partial charge in [-0.3, -0.25) is 9.78 Å². The van der Waals surface area contributed by atoms with Gasteiger partial charge in [0.25, 0.3) is 0 Å². The molecule has 4 heterocycles. The van der Waals surface area contributed by atoms with E-state index in [1.807, 2.05) is 16.3 Å². The lowest BCUT2D eigenvalue weighted by atomic mass is 10.2. The van der Waals surface area contributed by atoms with Crippen LogP contribution in [0.5, 0.6) is 0 Å². The minimum absolute atomic E-state index is 0.0354. The summed E-state index contributed by atoms with van der Waals surface area (Å²) in [5.74, 6) is 0.377. The highest BCUT2D eigenvalue weighted by Crippen LogP contribution is 2.32. The van der Waals surface area contributed by atoms with E-state index in [-0.39, 0.29) is 24.7 Å². The molecular weight excluding hydrogens is 367 g/mol.